The van der Waals surface area contributed by atoms with Crippen molar-refractivity contribution in [1.29, 1.82) is 0 Å². The first-order valence-electron chi connectivity index (χ1n) is 8.04. The summed E-state index contributed by atoms with van der Waals surface area (Å²) in [5, 5.41) is 12.9. The fraction of sp³-hybridized carbons (Fsp3) is 0.647. The third kappa shape index (κ3) is 5.61. The smallest absolute Gasteiger partial charge is 0.0606 e. The number of aliphatic hydroxyl groups is 1. The molecule has 0 atom stereocenters. The predicted octanol–water partition coefficient (Wildman–Crippen LogP) is 3.94. The maximum Gasteiger partial charge on any atom is 0.0606 e. The SMILES string of the molecule is CCCNCc1cc(Br)ccc1N(CCO)C(CC)CC. The van der Waals surface area contributed by atoms with E-state index in [4.69, 9.17) is 0 Å². The molecular weight excluding hydrogens is 328 g/mol. The molecule has 1 aromatic rings. The molecule has 0 bridgehead atoms. The lowest BCUT2D eigenvalue weighted by atomic mass is 10.1. The minimum absolute atomic E-state index is 0.189. The fourth-order valence-corrected chi connectivity index (χ4v) is 3.12. The Labute approximate surface area is 137 Å². The van der Waals surface area contributed by atoms with Gasteiger partial charge in [-0.2, -0.15) is 0 Å². The van der Waals surface area contributed by atoms with Crippen LogP contribution in [-0.4, -0.2) is 30.8 Å². The second-order valence-corrected chi connectivity index (χ2v) is 6.25. The molecule has 0 unspecified atom stereocenters. The molecule has 0 radical (unpaired) electrons. The Morgan fingerprint density at radius 3 is 2.52 bits per heavy atom. The summed E-state index contributed by atoms with van der Waals surface area (Å²) in [7, 11) is 0. The van der Waals surface area contributed by atoms with Gasteiger partial charge in [-0.3, -0.25) is 0 Å². The molecular formula is C17H29BrN2O. The summed E-state index contributed by atoms with van der Waals surface area (Å²) in [5.74, 6) is 0. The van der Waals surface area contributed by atoms with Crippen molar-refractivity contribution in [2.45, 2.75) is 52.6 Å². The fourth-order valence-electron chi connectivity index (χ4n) is 2.71. The minimum atomic E-state index is 0.189. The zero-order chi connectivity index (χ0) is 15.7. The van der Waals surface area contributed by atoms with Crippen molar-refractivity contribution in [3.63, 3.8) is 0 Å². The highest BCUT2D eigenvalue weighted by Gasteiger charge is 2.18. The predicted molar refractivity (Wildman–Crippen MR) is 94.9 cm³/mol. The summed E-state index contributed by atoms with van der Waals surface area (Å²) >= 11 is 3.57. The van der Waals surface area contributed by atoms with Gasteiger partial charge in [0, 0.05) is 29.3 Å². The molecule has 1 rings (SSSR count). The Kier molecular flexibility index (Phi) is 8.97. The van der Waals surface area contributed by atoms with E-state index in [9.17, 15) is 5.11 Å². The molecule has 0 aliphatic rings. The van der Waals surface area contributed by atoms with Crippen LogP contribution in [-0.2, 0) is 6.54 Å². The number of halogens is 1. The average molecular weight is 357 g/mol. The Balaban J connectivity index is 3.04. The maximum absolute atomic E-state index is 9.43. The van der Waals surface area contributed by atoms with Crippen LogP contribution in [0, 0.1) is 0 Å². The number of anilines is 1. The molecule has 0 aromatic heterocycles. The van der Waals surface area contributed by atoms with Crippen molar-refractivity contribution >= 4 is 21.6 Å². The third-order valence-electron chi connectivity index (χ3n) is 3.82. The number of aliphatic hydroxyl groups excluding tert-OH is 1. The molecule has 3 nitrogen and oxygen atoms in total. The van der Waals surface area contributed by atoms with Crippen molar-refractivity contribution < 1.29 is 5.11 Å². The van der Waals surface area contributed by atoms with E-state index in [-0.39, 0.29) is 6.61 Å². The highest BCUT2D eigenvalue weighted by atomic mass is 79.9. The van der Waals surface area contributed by atoms with Crippen LogP contribution < -0.4 is 10.2 Å². The number of benzene rings is 1. The summed E-state index contributed by atoms with van der Waals surface area (Å²) in [6.07, 6.45) is 3.32. The molecule has 0 fully saturated rings. The van der Waals surface area contributed by atoms with Gasteiger partial charge >= 0.3 is 0 Å². The molecule has 21 heavy (non-hydrogen) atoms. The van der Waals surface area contributed by atoms with Crippen LogP contribution in [0.25, 0.3) is 0 Å². The Morgan fingerprint density at radius 1 is 1.24 bits per heavy atom. The van der Waals surface area contributed by atoms with E-state index in [0.29, 0.717) is 12.6 Å². The van der Waals surface area contributed by atoms with E-state index < -0.39 is 0 Å². The summed E-state index contributed by atoms with van der Waals surface area (Å²) in [6.45, 7) is 9.38. The van der Waals surface area contributed by atoms with Gasteiger partial charge in [0.2, 0.25) is 0 Å². The van der Waals surface area contributed by atoms with Gasteiger partial charge in [-0.1, -0.05) is 36.7 Å². The molecule has 120 valence electrons. The van der Waals surface area contributed by atoms with Crippen LogP contribution >= 0.6 is 15.9 Å². The normalized spacial score (nSPS) is 11.1. The van der Waals surface area contributed by atoms with Crippen molar-refractivity contribution in [2.24, 2.45) is 0 Å². The zero-order valence-corrected chi connectivity index (χ0v) is 15.1. The third-order valence-corrected chi connectivity index (χ3v) is 4.31. The van der Waals surface area contributed by atoms with Gasteiger partial charge < -0.3 is 15.3 Å². The first kappa shape index (κ1) is 18.5. The van der Waals surface area contributed by atoms with Gasteiger partial charge in [-0.25, -0.2) is 0 Å². The lowest BCUT2D eigenvalue weighted by Gasteiger charge is -2.34. The van der Waals surface area contributed by atoms with Crippen molar-refractivity contribution in [1.82, 2.24) is 5.32 Å². The lowest BCUT2D eigenvalue weighted by Crippen LogP contribution is -2.37. The van der Waals surface area contributed by atoms with Crippen LogP contribution in [0.1, 0.15) is 45.6 Å². The van der Waals surface area contributed by atoms with Crippen LogP contribution in [0.4, 0.5) is 5.69 Å². The topological polar surface area (TPSA) is 35.5 Å². The first-order valence-corrected chi connectivity index (χ1v) is 8.83. The first-order chi connectivity index (χ1) is 10.2. The monoisotopic (exact) mass is 356 g/mol. The van der Waals surface area contributed by atoms with Gasteiger partial charge in [0.05, 0.1) is 6.61 Å². The second kappa shape index (κ2) is 10.2. The number of nitrogens with zero attached hydrogens (tertiary/aromatic N) is 1. The van der Waals surface area contributed by atoms with Gasteiger partial charge in [-0.15, -0.1) is 0 Å². The molecule has 0 saturated heterocycles. The summed E-state index contributed by atoms with van der Waals surface area (Å²) in [5.41, 5.74) is 2.53. The van der Waals surface area contributed by atoms with Crippen LogP contribution in [0.5, 0.6) is 0 Å². The largest absolute Gasteiger partial charge is 0.395 e. The molecule has 0 spiro atoms. The van der Waals surface area contributed by atoms with Gasteiger partial charge in [0.15, 0.2) is 0 Å². The van der Waals surface area contributed by atoms with E-state index in [0.717, 1.165) is 36.8 Å². The van der Waals surface area contributed by atoms with Crippen LogP contribution in [0.2, 0.25) is 0 Å². The minimum Gasteiger partial charge on any atom is -0.395 e. The molecule has 2 N–H and O–H groups in total. The highest BCUT2D eigenvalue weighted by molar-refractivity contribution is 9.10. The number of nitrogens with one attached hydrogen (secondary N) is 1. The molecule has 4 heteroatoms. The zero-order valence-electron chi connectivity index (χ0n) is 13.5. The quantitative estimate of drug-likeness (QED) is 0.623. The molecule has 0 saturated carbocycles. The van der Waals surface area contributed by atoms with Gasteiger partial charge in [0.25, 0.3) is 0 Å². The van der Waals surface area contributed by atoms with E-state index in [1.165, 1.54) is 11.3 Å². The second-order valence-electron chi connectivity index (χ2n) is 5.34. The number of hydrogen-bond acceptors (Lipinski definition) is 3. The molecule has 0 aliphatic heterocycles. The van der Waals surface area contributed by atoms with Gasteiger partial charge in [0.1, 0.15) is 0 Å². The van der Waals surface area contributed by atoms with Crippen molar-refractivity contribution in [3.05, 3.63) is 28.2 Å². The van der Waals surface area contributed by atoms with E-state index in [2.05, 4.69) is 65.1 Å². The summed E-state index contributed by atoms with van der Waals surface area (Å²) in [6, 6.07) is 6.92. The van der Waals surface area contributed by atoms with E-state index >= 15 is 0 Å². The van der Waals surface area contributed by atoms with Crippen molar-refractivity contribution in [2.75, 3.05) is 24.6 Å². The number of rotatable bonds is 10. The highest BCUT2D eigenvalue weighted by Crippen LogP contribution is 2.27. The number of hydrogen-bond donors (Lipinski definition) is 2. The molecule has 0 amide bonds. The molecule has 0 heterocycles. The maximum atomic E-state index is 9.43. The molecule has 1 aromatic carbocycles. The Hall–Kier alpha value is -0.580. The summed E-state index contributed by atoms with van der Waals surface area (Å²) in [4.78, 5) is 2.36. The van der Waals surface area contributed by atoms with Crippen LogP contribution in [0.3, 0.4) is 0 Å². The average Bonchev–Trinajstić information content (AvgIpc) is 2.48. The molecule has 0 aliphatic carbocycles. The van der Waals surface area contributed by atoms with Crippen molar-refractivity contribution in [3.8, 4) is 0 Å². The van der Waals surface area contributed by atoms with E-state index in [1.54, 1.807) is 0 Å². The van der Waals surface area contributed by atoms with Gasteiger partial charge in [-0.05, 0) is 49.6 Å². The Morgan fingerprint density at radius 2 is 1.95 bits per heavy atom. The Bertz CT molecular complexity index is 408. The van der Waals surface area contributed by atoms with E-state index in [1.807, 2.05) is 0 Å². The lowest BCUT2D eigenvalue weighted by molar-refractivity contribution is 0.296. The van der Waals surface area contributed by atoms with Crippen LogP contribution in [0.15, 0.2) is 22.7 Å². The summed E-state index contributed by atoms with van der Waals surface area (Å²) < 4.78 is 1.10. The standard InChI is InChI=1S/C17H29BrN2O/c1-4-9-19-13-14-12-15(18)7-8-17(14)20(10-11-21)16(5-2)6-3/h7-8,12,16,19,21H,4-6,9-11,13H2,1-3H3.